The summed E-state index contributed by atoms with van der Waals surface area (Å²) in [7, 11) is -1.79. The molecular formula is C22H36ClN5OSi. The summed E-state index contributed by atoms with van der Waals surface area (Å²) in [5.41, 5.74) is 1.87. The van der Waals surface area contributed by atoms with Crippen molar-refractivity contribution >= 4 is 36.8 Å². The van der Waals surface area contributed by atoms with Crippen LogP contribution in [0.15, 0.2) is 0 Å². The monoisotopic (exact) mass is 449 g/mol. The maximum absolute atomic E-state index is 6.58. The summed E-state index contributed by atoms with van der Waals surface area (Å²) in [6.07, 6.45) is 6.15. The van der Waals surface area contributed by atoms with Crippen molar-refractivity contribution in [3.8, 4) is 0 Å². The van der Waals surface area contributed by atoms with Crippen LogP contribution < -0.4 is 4.90 Å². The normalized spacial score (nSPS) is 20.9. The van der Waals surface area contributed by atoms with Crippen LogP contribution in [0.3, 0.4) is 0 Å². The maximum Gasteiger partial charge on any atom is 0.226 e. The van der Waals surface area contributed by atoms with Gasteiger partial charge in [-0.05, 0) is 68.3 Å². The molecule has 0 radical (unpaired) electrons. The minimum Gasteiger partial charge on any atom is -0.415 e. The van der Waals surface area contributed by atoms with Crippen molar-refractivity contribution in [2.75, 3.05) is 18.1 Å². The van der Waals surface area contributed by atoms with Crippen molar-refractivity contribution < 1.29 is 4.43 Å². The van der Waals surface area contributed by atoms with Crippen LogP contribution in [-0.4, -0.2) is 47.3 Å². The van der Waals surface area contributed by atoms with E-state index in [1.807, 2.05) is 0 Å². The maximum atomic E-state index is 6.58. The quantitative estimate of drug-likeness (QED) is 0.425. The topological polar surface area (TPSA) is 56.1 Å². The summed E-state index contributed by atoms with van der Waals surface area (Å²) in [5.74, 6) is 1.64. The third kappa shape index (κ3) is 4.13. The molecule has 30 heavy (non-hydrogen) atoms. The third-order valence-electron chi connectivity index (χ3n) is 7.47. The lowest BCUT2D eigenvalue weighted by atomic mass is 9.85. The van der Waals surface area contributed by atoms with Crippen LogP contribution in [0, 0.1) is 12.8 Å². The predicted molar refractivity (Wildman–Crippen MR) is 126 cm³/mol. The first-order chi connectivity index (χ1) is 14.1. The number of aromatic nitrogens is 4. The molecule has 166 valence electrons. The Labute approximate surface area is 186 Å². The van der Waals surface area contributed by atoms with E-state index in [4.69, 9.17) is 26.1 Å². The summed E-state index contributed by atoms with van der Waals surface area (Å²) in [5, 5.41) is 6.40. The summed E-state index contributed by atoms with van der Waals surface area (Å²) >= 11 is 6.41. The number of hydrogen-bond acceptors (Lipinski definition) is 5. The number of rotatable bonds is 6. The summed E-state index contributed by atoms with van der Waals surface area (Å²) in [6, 6.07) is 0.322. The van der Waals surface area contributed by atoms with Crippen LogP contribution in [0.2, 0.25) is 23.4 Å². The highest BCUT2D eigenvalue weighted by Crippen LogP contribution is 2.38. The van der Waals surface area contributed by atoms with Crippen LogP contribution >= 0.6 is 11.6 Å². The van der Waals surface area contributed by atoms with Crippen LogP contribution in [0.5, 0.6) is 0 Å². The summed E-state index contributed by atoms with van der Waals surface area (Å²) in [6.45, 7) is 16.2. The minimum atomic E-state index is -1.79. The van der Waals surface area contributed by atoms with Gasteiger partial charge in [-0.2, -0.15) is 15.1 Å². The fourth-order valence-corrected chi connectivity index (χ4v) is 5.47. The van der Waals surface area contributed by atoms with E-state index >= 15 is 0 Å². The molecule has 2 aromatic heterocycles. The van der Waals surface area contributed by atoms with Gasteiger partial charge < -0.3 is 9.33 Å². The first-order valence-electron chi connectivity index (χ1n) is 11.4. The van der Waals surface area contributed by atoms with E-state index < -0.39 is 8.32 Å². The SMILES string of the molecule is Cc1nn(CC2CCC2)c2nc(Cl)nc(N3CCCC3CO[Si](C)(C)C(C)(C)C)c12. The average Bonchev–Trinajstić information content (AvgIpc) is 3.19. The van der Waals surface area contributed by atoms with Crippen molar-refractivity contribution in [2.45, 2.75) is 90.5 Å². The molecule has 8 heteroatoms. The summed E-state index contributed by atoms with van der Waals surface area (Å²) < 4.78 is 8.64. The van der Waals surface area contributed by atoms with Crippen LogP contribution in [0.25, 0.3) is 11.0 Å². The number of anilines is 1. The Hall–Kier alpha value is -1.18. The lowest BCUT2D eigenvalue weighted by Crippen LogP contribution is -2.45. The predicted octanol–water partition coefficient (Wildman–Crippen LogP) is 5.58. The number of fused-ring (bicyclic) bond motifs is 1. The van der Waals surface area contributed by atoms with Gasteiger partial charge in [-0.3, -0.25) is 0 Å². The second-order valence-electron chi connectivity index (χ2n) is 10.6. The zero-order chi connectivity index (χ0) is 21.7. The van der Waals surface area contributed by atoms with Gasteiger partial charge in [0.25, 0.3) is 0 Å². The molecule has 3 heterocycles. The Morgan fingerprint density at radius 2 is 1.87 bits per heavy atom. The van der Waals surface area contributed by atoms with Gasteiger partial charge in [-0.1, -0.05) is 27.2 Å². The standard InChI is InChI=1S/C22H36ClN5OSi/c1-15-18-19(24-21(23)25-20(18)28(26-15)13-16-9-7-10-16)27-12-8-11-17(27)14-29-30(5,6)22(2,3)4/h16-17H,7-14H2,1-6H3. The van der Waals surface area contributed by atoms with Gasteiger partial charge in [0, 0.05) is 13.1 Å². The third-order valence-corrected chi connectivity index (χ3v) is 12.1. The van der Waals surface area contributed by atoms with Gasteiger partial charge >= 0.3 is 0 Å². The molecule has 1 atom stereocenters. The molecule has 2 aliphatic rings. The fourth-order valence-electron chi connectivity index (χ4n) is 4.26. The Morgan fingerprint density at radius 1 is 1.13 bits per heavy atom. The van der Waals surface area contributed by atoms with Crippen LogP contribution in [0.1, 0.15) is 58.6 Å². The first kappa shape index (κ1) is 22.0. The fraction of sp³-hybridized carbons (Fsp3) is 0.773. The number of nitrogens with zero attached hydrogens (tertiary/aromatic N) is 5. The number of halogens is 1. The molecule has 0 bridgehead atoms. The van der Waals surface area contributed by atoms with Crippen molar-refractivity contribution in [3.05, 3.63) is 11.0 Å². The van der Waals surface area contributed by atoms with Crippen LogP contribution in [-0.2, 0) is 11.0 Å². The molecule has 1 saturated heterocycles. The molecule has 0 N–H and O–H groups in total. The zero-order valence-electron chi connectivity index (χ0n) is 19.3. The molecule has 4 rings (SSSR count). The molecule has 6 nitrogen and oxygen atoms in total. The van der Waals surface area contributed by atoms with Crippen molar-refractivity contribution in [2.24, 2.45) is 5.92 Å². The Kier molecular flexibility index (Phi) is 5.92. The van der Waals surface area contributed by atoms with E-state index in [1.54, 1.807) is 0 Å². The van der Waals surface area contributed by atoms with E-state index in [-0.39, 0.29) is 5.04 Å². The second kappa shape index (κ2) is 8.06. The van der Waals surface area contributed by atoms with E-state index in [1.165, 1.54) is 19.3 Å². The molecule has 1 unspecified atom stereocenters. The lowest BCUT2D eigenvalue weighted by molar-refractivity contribution is 0.263. The van der Waals surface area contributed by atoms with Crippen molar-refractivity contribution in [1.82, 2.24) is 19.7 Å². The van der Waals surface area contributed by atoms with Gasteiger partial charge in [-0.25, -0.2) is 4.68 Å². The largest absolute Gasteiger partial charge is 0.415 e. The number of hydrogen-bond donors (Lipinski definition) is 0. The Morgan fingerprint density at radius 3 is 2.50 bits per heavy atom. The lowest BCUT2D eigenvalue weighted by Gasteiger charge is -2.38. The Bertz CT molecular complexity index is 918. The minimum absolute atomic E-state index is 0.210. The zero-order valence-corrected chi connectivity index (χ0v) is 21.1. The molecule has 2 fully saturated rings. The van der Waals surface area contributed by atoms with Gasteiger partial charge in [-0.15, -0.1) is 0 Å². The first-order valence-corrected chi connectivity index (χ1v) is 14.7. The smallest absolute Gasteiger partial charge is 0.226 e. The van der Waals surface area contributed by atoms with E-state index in [0.717, 1.165) is 55.1 Å². The highest BCUT2D eigenvalue weighted by Gasteiger charge is 2.39. The molecule has 0 amide bonds. The molecule has 1 aliphatic heterocycles. The molecule has 2 aromatic rings. The van der Waals surface area contributed by atoms with E-state index in [0.29, 0.717) is 17.2 Å². The number of aryl methyl sites for hydroxylation is 1. The Balaban J connectivity index is 1.63. The molecule has 1 saturated carbocycles. The van der Waals surface area contributed by atoms with Crippen molar-refractivity contribution in [3.63, 3.8) is 0 Å². The highest BCUT2D eigenvalue weighted by molar-refractivity contribution is 6.74. The molecule has 0 aromatic carbocycles. The van der Waals surface area contributed by atoms with E-state index in [9.17, 15) is 0 Å². The van der Waals surface area contributed by atoms with Crippen LogP contribution in [0.4, 0.5) is 5.82 Å². The molecular weight excluding hydrogens is 414 g/mol. The van der Waals surface area contributed by atoms with Gasteiger partial charge in [0.05, 0.1) is 23.7 Å². The summed E-state index contributed by atoms with van der Waals surface area (Å²) in [4.78, 5) is 11.7. The van der Waals surface area contributed by atoms with Gasteiger partial charge in [0.2, 0.25) is 5.28 Å². The van der Waals surface area contributed by atoms with Gasteiger partial charge in [0.1, 0.15) is 5.82 Å². The molecule has 1 aliphatic carbocycles. The molecule has 0 spiro atoms. The average molecular weight is 450 g/mol. The highest BCUT2D eigenvalue weighted by atomic mass is 35.5. The van der Waals surface area contributed by atoms with E-state index in [2.05, 4.69) is 55.4 Å². The van der Waals surface area contributed by atoms with Gasteiger partial charge in [0.15, 0.2) is 14.0 Å². The second-order valence-corrected chi connectivity index (χ2v) is 15.8. The van der Waals surface area contributed by atoms with Crippen molar-refractivity contribution in [1.29, 1.82) is 0 Å².